The van der Waals surface area contributed by atoms with E-state index in [1.807, 2.05) is 0 Å². The molecule has 1 atom stereocenters. The normalized spacial score (nSPS) is 19.3. The molecule has 0 bridgehead atoms. The largest absolute Gasteiger partial charge is 0.507 e. The summed E-state index contributed by atoms with van der Waals surface area (Å²) >= 11 is 0. The molecule has 1 aliphatic heterocycles. The summed E-state index contributed by atoms with van der Waals surface area (Å²) in [5.74, 6) is -2.66. The van der Waals surface area contributed by atoms with Crippen LogP contribution in [-0.2, 0) is 9.47 Å². The maximum atomic E-state index is 12.6. The van der Waals surface area contributed by atoms with E-state index in [4.69, 9.17) is 14.2 Å². The van der Waals surface area contributed by atoms with Crippen LogP contribution in [0.5, 0.6) is 11.5 Å². The van der Waals surface area contributed by atoms with Gasteiger partial charge in [0.25, 0.3) is 0 Å². The fourth-order valence-corrected chi connectivity index (χ4v) is 3.16. The van der Waals surface area contributed by atoms with Crippen LogP contribution in [0.4, 0.5) is 0 Å². The Morgan fingerprint density at radius 3 is 2.33 bits per heavy atom. The number of Topliss-reactive ketones (excluding diaryl/α,β-unsaturated/α-hetero) is 2. The number of ether oxygens (including phenoxy) is 3. The van der Waals surface area contributed by atoms with Crippen molar-refractivity contribution in [2.75, 3.05) is 14.2 Å². The number of aromatic hydroxyl groups is 1. The number of benzene rings is 1. The quantitative estimate of drug-likeness (QED) is 0.858. The van der Waals surface area contributed by atoms with E-state index in [9.17, 15) is 19.8 Å². The smallest absolute Gasteiger partial charge is 0.236 e. The molecular weight excluding hydrogens is 316 g/mol. The minimum Gasteiger partial charge on any atom is -0.507 e. The predicted octanol–water partition coefficient (Wildman–Crippen LogP) is 2.65. The lowest BCUT2D eigenvalue weighted by atomic mass is 9.84. The summed E-state index contributed by atoms with van der Waals surface area (Å²) in [6, 6.07) is 0. The number of phenolic OH excluding ortho intramolecular Hbond substituents is 1. The van der Waals surface area contributed by atoms with Gasteiger partial charge in [-0.2, -0.15) is 0 Å². The number of carbonyl (C=O) groups excluding carboxylic acids is 2. The lowest BCUT2D eigenvalue weighted by Crippen LogP contribution is -2.26. The van der Waals surface area contributed by atoms with Gasteiger partial charge in [-0.1, -0.05) is 0 Å². The van der Waals surface area contributed by atoms with Gasteiger partial charge < -0.3 is 24.4 Å². The molecule has 0 saturated carbocycles. The number of aliphatic hydroxyl groups excluding tert-OH is 1. The summed E-state index contributed by atoms with van der Waals surface area (Å²) < 4.78 is 15.8. The Morgan fingerprint density at radius 2 is 1.75 bits per heavy atom. The Kier molecular flexibility index (Phi) is 3.51. The summed E-state index contributed by atoms with van der Waals surface area (Å²) in [6.45, 7) is 3.43. The molecule has 2 aliphatic rings. The maximum Gasteiger partial charge on any atom is 0.236 e. The van der Waals surface area contributed by atoms with E-state index < -0.39 is 34.9 Å². The van der Waals surface area contributed by atoms with Gasteiger partial charge in [0.15, 0.2) is 0 Å². The van der Waals surface area contributed by atoms with Gasteiger partial charge >= 0.3 is 0 Å². The number of fused-ring (bicyclic) bond motifs is 2. The zero-order valence-electron chi connectivity index (χ0n) is 13.6. The van der Waals surface area contributed by atoms with Crippen molar-refractivity contribution in [3.63, 3.8) is 0 Å². The Labute approximate surface area is 137 Å². The summed E-state index contributed by atoms with van der Waals surface area (Å²) in [7, 11) is 2.53. The highest BCUT2D eigenvalue weighted by molar-refractivity contribution is 6.27. The van der Waals surface area contributed by atoms with Crippen LogP contribution in [0.1, 0.15) is 51.8 Å². The molecule has 24 heavy (non-hydrogen) atoms. The average Bonchev–Trinajstić information content (AvgIpc) is 2.52. The lowest BCUT2D eigenvalue weighted by Gasteiger charge is -2.29. The van der Waals surface area contributed by atoms with Crippen LogP contribution in [-0.4, -0.2) is 36.0 Å². The highest BCUT2D eigenvalue weighted by atomic mass is 16.5. The molecule has 1 heterocycles. The molecule has 0 fully saturated rings. The first kappa shape index (κ1) is 15.9. The maximum absolute atomic E-state index is 12.6. The number of aliphatic hydroxyl groups is 1. The van der Waals surface area contributed by atoms with Crippen LogP contribution in [0.2, 0.25) is 0 Å². The molecule has 7 heteroatoms. The summed E-state index contributed by atoms with van der Waals surface area (Å²) in [5, 5.41) is 20.6. The summed E-state index contributed by atoms with van der Waals surface area (Å²) in [5.41, 5.74) is 0.345. The van der Waals surface area contributed by atoms with Crippen molar-refractivity contribution in [1.82, 2.24) is 0 Å². The molecule has 0 saturated heterocycles. The second-order valence-electron chi connectivity index (χ2n) is 5.51. The first-order valence-electron chi connectivity index (χ1n) is 7.21. The molecule has 2 N–H and O–H groups in total. The zero-order valence-corrected chi connectivity index (χ0v) is 13.6. The highest BCUT2D eigenvalue weighted by Gasteiger charge is 2.42. The third kappa shape index (κ3) is 1.90. The molecule has 1 aromatic carbocycles. The fraction of sp³-hybridized carbons (Fsp3) is 0.294. The Balaban J connectivity index is 2.46. The molecule has 0 spiro atoms. The molecule has 126 valence electrons. The van der Waals surface area contributed by atoms with Gasteiger partial charge in [-0.25, -0.2) is 0 Å². The van der Waals surface area contributed by atoms with Crippen molar-refractivity contribution in [3.8, 4) is 11.5 Å². The minimum absolute atomic E-state index is 0.132. The molecule has 0 amide bonds. The highest BCUT2D eigenvalue weighted by Crippen LogP contribution is 2.48. The van der Waals surface area contributed by atoms with E-state index in [0.717, 1.165) is 0 Å². The number of phenols is 1. The van der Waals surface area contributed by atoms with Crippen LogP contribution in [0.3, 0.4) is 0 Å². The zero-order chi connectivity index (χ0) is 17.8. The van der Waals surface area contributed by atoms with Gasteiger partial charge in [0.2, 0.25) is 23.1 Å². The number of carbonyl (C=O) groups is 2. The number of hydrogen-bond donors (Lipinski definition) is 2. The lowest BCUT2D eigenvalue weighted by molar-refractivity contribution is 0.0847. The van der Waals surface area contributed by atoms with Crippen molar-refractivity contribution in [1.29, 1.82) is 0 Å². The van der Waals surface area contributed by atoms with Gasteiger partial charge in [0.1, 0.15) is 17.6 Å². The van der Waals surface area contributed by atoms with E-state index >= 15 is 0 Å². The van der Waals surface area contributed by atoms with Crippen LogP contribution >= 0.6 is 0 Å². The van der Waals surface area contributed by atoms with Gasteiger partial charge in [0.05, 0.1) is 31.1 Å². The molecular formula is C17H16O7. The molecule has 3 rings (SSSR count). The predicted molar refractivity (Wildman–Crippen MR) is 83.1 cm³/mol. The third-order valence-corrected chi connectivity index (χ3v) is 4.12. The molecule has 1 aliphatic carbocycles. The van der Waals surface area contributed by atoms with Gasteiger partial charge in [-0.05, 0) is 19.9 Å². The van der Waals surface area contributed by atoms with Crippen molar-refractivity contribution in [2.45, 2.75) is 20.0 Å². The fourth-order valence-electron chi connectivity index (χ4n) is 3.16. The standard InChI is InChI=1S/C17H16O7/c1-6-5-8-9(7(2)24-6)12(18)10-11(16(8)22-3)14(20)17(23-4)15(21)13(10)19/h5,7,18,21H,1-4H3/t7-/m0/s1. The Bertz CT molecular complexity index is 845. The number of methoxy groups -OCH3 is 2. The molecule has 0 radical (unpaired) electrons. The van der Waals surface area contributed by atoms with Crippen LogP contribution < -0.4 is 4.74 Å². The van der Waals surface area contributed by atoms with Crippen molar-refractivity contribution in [2.24, 2.45) is 0 Å². The van der Waals surface area contributed by atoms with Gasteiger partial charge in [-0.3, -0.25) is 9.59 Å². The van der Waals surface area contributed by atoms with Crippen LogP contribution in [0.15, 0.2) is 17.3 Å². The number of rotatable bonds is 2. The van der Waals surface area contributed by atoms with Crippen molar-refractivity contribution in [3.05, 3.63) is 39.5 Å². The van der Waals surface area contributed by atoms with Crippen LogP contribution in [0.25, 0.3) is 6.08 Å². The average molecular weight is 332 g/mol. The minimum atomic E-state index is -0.904. The first-order valence-corrected chi connectivity index (χ1v) is 7.21. The van der Waals surface area contributed by atoms with Gasteiger partial charge in [-0.15, -0.1) is 0 Å². The van der Waals surface area contributed by atoms with Crippen molar-refractivity contribution >= 4 is 17.6 Å². The van der Waals surface area contributed by atoms with E-state index in [1.165, 1.54) is 14.2 Å². The Hall–Kier alpha value is -2.96. The van der Waals surface area contributed by atoms with Gasteiger partial charge in [0, 0.05) is 11.1 Å². The third-order valence-electron chi connectivity index (χ3n) is 4.12. The number of allylic oxidation sites excluding steroid dienone is 3. The molecule has 0 unspecified atom stereocenters. The summed E-state index contributed by atoms with van der Waals surface area (Å²) in [4.78, 5) is 25.1. The Morgan fingerprint density at radius 1 is 1.08 bits per heavy atom. The monoisotopic (exact) mass is 332 g/mol. The first-order chi connectivity index (χ1) is 11.3. The number of ketones is 2. The van der Waals surface area contributed by atoms with E-state index in [-0.39, 0.29) is 16.9 Å². The van der Waals surface area contributed by atoms with E-state index in [2.05, 4.69) is 0 Å². The SMILES string of the molecule is COC1=C(O)C(=O)c2c(O)c3c(c(OC)c2C1=O)C=C(C)O[C@H]3C. The van der Waals surface area contributed by atoms with Crippen LogP contribution in [0, 0.1) is 0 Å². The molecule has 0 aromatic heterocycles. The van der Waals surface area contributed by atoms with Crippen molar-refractivity contribution < 1.29 is 34.0 Å². The topological polar surface area (TPSA) is 102 Å². The van der Waals surface area contributed by atoms with E-state index in [0.29, 0.717) is 16.9 Å². The summed E-state index contributed by atoms with van der Waals surface area (Å²) in [6.07, 6.45) is 1.07. The number of hydrogen-bond acceptors (Lipinski definition) is 7. The second kappa shape index (κ2) is 5.30. The van der Waals surface area contributed by atoms with E-state index in [1.54, 1.807) is 19.9 Å². The molecule has 7 nitrogen and oxygen atoms in total. The second-order valence-corrected chi connectivity index (χ2v) is 5.51. The molecule has 1 aromatic rings.